The molecule has 1 aliphatic rings. The Bertz CT molecular complexity index is 836. The summed E-state index contributed by atoms with van der Waals surface area (Å²) in [6, 6.07) is 7.74. The lowest BCUT2D eigenvalue weighted by molar-refractivity contribution is -0.117. The molecule has 2 heterocycles. The summed E-state index contributed by atoms with van der Waals surface area (Å²) >= 11 is 4.75. The van der Waals surface area contributed by atoms with Gasteiger partial charge in [0.2, 0.25) is 15.0 Å². The fourth-order valence-electron chi connectivity index (χ4n) is 2.50. The lowest BCUT2D eigenvalue weighted by Gasteiger charge is -2.12. The number of hydrogen-bond acceptors (Lipinski definition) is 5. The molecular weight excluding hydrogens is 424 g/mol. The molecule has 122 valence electrons. The smallest absolute Gasteiger partial charge is 0.232 e. The molecule has 23 heavy (non-hydrogen) atoms. The fraction of sp³-hybridized carbons (Fsp3) is 0.286. The van der Waals surface area contributed by atoms with Crippen molar-refractivity contribution in [3.8, 4) is 11.3 Å². The minimum absolute atomic E-state index is 0.118. The first-order valence-electron chi connectivity index (χ1n) is 6.76. The molecule has 1 fully saturated rings. The third kappa shape index (κ3) is 4.12. The highest BCUT2D eigenvalue weighted by atomic mass is 79.9. The van der Waals surface area contributed by atoms with E-state index < -0.39 is 9.05 Å². The van der Waals surface area contributed by atoms with E-state index in [-0.39, 0.29) is 24.0 Å². The van der Waals surface area contributed by atoms with E-state index in [1.54, 1.807) is 4.90 Å². The van der Waals surface area contributed by atoms with E-state index in [4.69, 9.17) is 10.7 Å². The molecule has 9 heteroatoms. The number of carbonyl (C=O) groups excluding carboxylic acids is 1. The van der Waals surface area contributed by atoms with E-state index in [1.807, 2.05) is 29.6 Å². The van der Waals surface area contributed by atoms with Crippen LogP contribution in [0.2, 0.25) is 0 Å². The Morgan fingerprint density at radius 2 is 2.04 bits per heavy atom. The average molecular weight is 436 g/mol. The lowest BCUT2D eigenvalue weighted by Crippen LogP contribution is -2.25. The maximum Gasteiger partial charge on any atom is 0.232 e. The Balaban J connectivity index is 1.78. The van der Waals surface area contributed by atoms with Crippen LogP contribution in [0.1, 0.15) is 6.42 Å². The van der Waals surface area contributed by atoms with Crippen LogP contribution >= 0.6 is 37.9 Å². The van der Waals surface area contributed by atoms with Crippen molar-refractivity contribution in [3.05, 3.63) is 34.1 Å². The van der Waals surface area contributed by atoms with Crippen molar-refractivity contribution in [2.75, 3.05) is 17.2 Å². The van der Waals surface area contributed by atoms with Crippen LogP contribution in [0.25, 0.3) is 11.3 Å². The Morgan fingerprint density at radius 3 is 2.70 bits per heavy atom. The van der Waals surface area contributed by atoms with Gasteiger partial charge in [0.25, 0.3) is 0 Å². The molecule has 1 amide bonds. The number of rotatable bonds is 4. The molecule has 1 aromatic heterocycles. The van der Waals surface area contributed by atoms with E-state index in [9.17, 15) is 13.2 Å². The number of hydrogen-bond donors (Lipinski definition) is 0. The topological polar surface area (TPSA) is 67.3 Å². The second-order valence-corrected chi connectivity index (χ2v) is 9.88. The third-order valence-corrected chi connectivity index (χ3v) is 6.14. The van der Waals surface area contributed by atoms with Gasteiger partial charge in [-0.25, -0.2) is 13.4 Å². The zero-order chi connectivity index (χ0) is 16.6. The van der Waals surface area contributed by atoms with Crippen LogP contribution in [-0.4, -0.2) is 31.6 Å². The fourth-order valence-corrected chi connectivity index (χ4v) is 4.95. The molecule has 0 saturated carbocycles. The first kappa shape index (κ1) is 16.9. The minimum Gasteiger partial charge on any atom is -0.288 e. The largest absolute Gasteiger partial charge is 0.288 e. The summed E-state index contributed by atoms with van der Waals surface area (Å²) in [5.41, 5.74) is 1.75. The van der Waals surface area contributed by atoms with Crippen molar-refractivity contribution in [1.82, 2.24) is 4.98 Å². The van der Waals surface area contributed by atoms with E-state index in [2.05, 4.69) is 20.9 Å². The van der Waals surface area contributed by atoms with Gasteiger partial charge in [-0.3, -0.25) is 9.69 Å². The summed E-state index contributed by atoms with van der Waals surface area (Å²) in [4.78, 5) is 18.2. The highest BCUT2D eigenvalue weighted by molar-refractivity contribution is 9.10. The summed E-state index contributed by atoms with van der Waals surface area (Å²) in [5.74, 6) is -0.598. The van der Waals surface area contributed by atoms with E-state index in [1.165, 1.54) is 11.3 Å². The van der Waals surface area contributed by atoms with Crippen molar-refractivity contribution >= 4 is 58.0 Å². The molecule has 0 spiro atoms. The number of aromatic nitrogens is 1. The van der Waals surface area contributed by atoms with Crippen LogP contribution in [0.15, 0.2) is 34.1 Å². The standard InChI is InChI=1S/C14H12BrClN2O3S2/c15-11-3-1-10(2-4-11)12-7-22-14(17-12)18-6-9(5-13(18)19)8-23(16,20)21/h1-4,7,9H,5-6,8H2. The van der Waals surface area contributed by atoms with Gasteiger partial charge < -0.3 is 0 Å². The average Bonchev–Trinajstić information content (AvgIpc) is 3.04. The molecule has 1 aliphatic heterocycles. The molecule has 0 radical (unpaired) electrons. The number of nitrogens with zero attached hydrogens (tertiary/aromatic N) is 2. The van der Waals surface area contributed by atoms with Crippen molar-refractivity contribution in [3.63, 3.8) is 0 Å². The van der Waals surface area contributed by atoms with Crippen LogP contribution in [0.5, 0.6) is 0 Å². The quantitative estimate of drug-likeness (QED) is 0.689. The van der Waals surface area contributed by atoms with Gasteiger partial charge in [0.1, 0.15) is 0 Å². The normalized spacial score (nSPS) is 18.6. The Labute approximate surface area is 150 Å². The molecule has 0 N–H and O–H groups in total. The number of thiazole rings is 1. The molecular formula is C14H12BrClN2O3S2. The minimum atomic E-state index is -3.61. The van der Waals surface area contributed by atoms with E-state index in [0.29, 0.717) is 11.7 Å². The number of anilines is 1. The summed E-state index contributed by atoms with van der Waals surface area (Å²) in [5, 5.41) is 2.47. The van der Waals surface area contributed by atoms with Crippen LogP contribution in [0, 0.1) is 5.92 Å². The van der Waals surface area contributed by atoms with Gasteiger partial charge in [0.15, 0.2) is 5.13 Å². The number of carbonyl (C=O) groups is 1. The molecule has 5 nitrogen and oxygen atoms in total. The summed E-state index contributed by atoms with van der Waals surface area (Å²) in [6.45, 7) is 0.331. The molecule has 2 aromatic rings. The van der Waals surface area contributed by atoms with Gasteiger partial charge in [-0.05, 0) is 12.1 Å². The van der Waals surface area contributed by atoms with Gasteiger partial charge in [-0.2, -0.15) is 0 Å². The molecule has 1 aromatic carbocycles. The van der Waals surface area contributed by atoms with Gasteiger partial charge >= 0.3 is 0 Å². The Morgan fingerprint density at radius 1 is 1.35 bits per heavy atom. The SMILES string of the molecule is O=C1CC(CS(=O)(=O)Cl)CN1c1nc(-c2ccc(Br)cc2)cs1. The zero-order valence-electron chi connectivity index (χ0n) is 11.8. The number of halogens is 2. The summed E-state index contributed by atoms with van der Waals surface area (Å²) < 4.78 is 23.3. The van der Waals surface area contributed by atoms with E-state index in [0.717, 1.165) is 15.7 Å². The van der Waals surface area contributed by atoms with Crippen LogP contribution in [0.3, 0.4) is 0 Å². The van der Waals surface area contributed by atoms with E-state index >= 15 is 0 Å². The van der Waals surface area contributed by atoms with Crippen LogP contribution in [-0.2, 0) is 13.8 Å². The predicted octanol–water partition coefficient (Wildman–Crippen LogP) is 3.49. The third-order valence-electron chi connectivity index (χ3n) is 3.50. The van der Waals surface area contributed by atoms with Gasteiger partial charge in [0.05, 0.1) is 11.4 Å². The first-order chi connectivity index (χ1) is 10.8. The van der Waals surface area contributed by atoms with Gasteiger partial charge in [-0.15, -0.1) is 11.3 Å². The van der Waals surface area contributed by atoms with Crippen molar-refractivity contribution in [1.29, 1.82) is 0 Å². The second kappa shape index (κ2) is 6.51. The molecule has 3 rings (SSSR count). The van der Waals surface area contributed by atoms with Crippen LogP contribution < -0.4 is 4.90 Å². The Hall–Kier alpha value is -0.960. The molecule has 0 aliphatic carbocycles. The van der Waals surface area contributed by atoms with Crippen LogP contribution in [0.4, 0.5) is 5.13 Å². The molecule has 1 unspecified atom stereocenters. The lowest BCUT2D eigenvalue weighted by atomic mass is 10.1. The monoisotopic (exact) mass is 434 g/mol. The zero-order valence-corrected chi connectivity index (χ0v) is 15.8. The highest BCUT2D eigenvalue weighted by Crippen LogP contribution is 2.32. The Kier molecular flexibility index (Phi) is 4.78. The summed E-state index contributed by atoms with van der Waals surface area (Å²) in [7, 11) is 1.67. The molecule has 1 saturated heterocycles. The highest BCUT2D eigenvalue weighted by Gasteiger charge is 2.34. The number of amides is 1. The van der Waals surface area contributed by atoms with Crippen molar-refractivity contribution in [2.45, 2.75) is 6.42 Å². The first-order valence-corrected chi connectivity index (χ1v) is 10.9. The summed E-state index contributed by atoms with van der Waals surface area (Å²) in [6.07, 6.45) is 0.180. The maximum atomic E-state index is 12.1. The van der Waals surface area contributed by atoms with Gasteiger partial charge in [0, 0.05) is 45.0 Å². The second-order valence-electron chi connectivity index (χ2n) is 5.30. The van der Waals surface area contributed by atoms with Crippen molar-refractivity contribution < 1.29 is 13.2 Å². The maximum absolute atomic E-state index is 12.1. The van der Waals surface area contributed by atoms with Crippen molar-refractivity contribution in [2.24, 2.45) is 5.92 Å². The number of benzene rings is 1. The molecule has 1 atom stereocenters. The predicted molar refractivity (Wildman–Crippen MR) is 95.3 cm³/mol. The van der Waals surface area contributed by atoms with Gasteiger partial charge in [-0.1, -0.05) is 28.1 Å². The molecule has 0 bridgehead atoms.